The van der Waals surface area contributed by atoms with Gasteiger partial charge in [-0.3, -0.25) is 52.6 Å². The van der Waals surface area contributed by atoms with Crippen molar-refractivity contribution in [2.45, 2.75) is 103 Å². The lowest BCUT2D eigenvalue weighted by molar-refractivity contribution is -0.138. The summed E-state index contributed by atoms with van der Waals surface area (Å²) in [6, 6.07) is 23.1. The standard InChI is InChI=1S/C73H78N10O16/c1-42(2)52(35-51(84)25-28-81-65(88)22-23-66(81)89)68(90)75-54(10-7-8-26-74)59(85)31-44-12-14-46(15-13-44)41-99-73(96)83-56-37-62(61(97-6)36-53(56)69(91)82-38-43(3)30-58(82)71(83)93)98-29-9-11-64(87)76-63-40-79(5)67(77-63)60(86)32-45-16-18-47(19-17-45)50-34-57(78(4)39-50)70(92)80-27-24-48-33-49(72(94)95)20-21-55(48)80/h12-24,27,33-34,36-37,39-40,42,52,54,58,71,93H,3,7-11,25-26,28-32,35,38,41,74H2,1-2,4-6H3,(H,75,90)(H,76,87)(H,94,95)/t52-,54-,58-,71-/m0/s1. The molecule has 1 saturated heterocycles. The number of hydrogen-bond donors (Lipinski definition) is 5. The molecular weight excluding hydrogens is 1270 g/mol. The Labute approximate surface area is 570 Å². The molecule has 4 atom stereocenters. The SMILES string of the molecule is C=C1C[C@H]2[C@H](O)N(C(=O)OCc3ccc(CC(=O)[C@H](CCCCN)NC(=O)[C@@H](CC(=O)CCN4C(=O)C=CC4=O)C(C)C)cc3)c3cc(OCCCC(=O)Nc4cn(C)c(C(=O)Cc5ccc(-c6cc(C(=O)n7ccc8cc(C(=O)O)ccc87)n(C)c6)cc5)n4)c(OC)cc3C(=O)N2C1. The average molecular weight is 1350 g/mol. The molecule has 0 unspecified atom stereocenters. The number of carboxylic acid groups (broad SMARTS) is 1. The second kappa shape index (κ2) is 31.0. The van der Waals surface area contributed by atoms with Crippen molar-refractivity contribution in [2.75, 3.05) is 43.6 Å². The number of nitrogens with one attached hydrogen (secondary N) is 2. The lowest BCUT2D eigenvalue weighted by Crippen LogP contribution is -2.50. The van der Waals surface area contributed by atoms with Gasteiger partial charge in [0.15, 0.2) is 35.2 Å². The Bertz CT molecular complexity index is 4350. The normalized spacial score (nSPS) is 15.6. The van der Waals surface area contributed by atoms with Crippen LogP contribution in [-0.2, 0) is 67.0 Å². The van der Waals surface area contributed by atoms with Crippen molar-refractivity contribution in [3.63, 3.8) is 0 Å². The van der Waals surface area contributed by atoms with E-state index in [1.54, 1.807) is 81.2 Å². The van der Waals surface area contributed by atoms with Crippen LogP contribution in [0.5, 0.6) is 11.5 Å². The van der Waals surface area contributed by atoms with Crippen LogP contribution in [0.4, 0.5) is 16.3 Å². The summed E-state index contributed by atoms with van der Waals surface area (Å²) in [6.45, 7) is 7.70. The highest BCUT2D eigenvalue weighted by Gasteiger charge is 2.46. The molecule has 0 saturated carbocycles. The lowest BCUT2D eigenvalue weighted by Gasteiger charge is -2.31. The van der Waals surface area contributed by atoms with Crippen LogP contribution >= 0.6 is 0 Å². The van der Waals surface area contributed by atoms with Crippen LogP contribution in [-0.4, -0.2) is 155 Å². The number of benzene rings is 4. The second-order valence-corrected chi connectivity index (χ2v) is 25.3. The van der Waals surface area contributed by atoms with Gasteiger partial charge in [-0.25, -0.2) is 19.5 Å². The molecule has 3 aliphatic heterocycles. The summed E-state index contributed by atoms with van der Waals surface area (Å²) in [6.07, 6.45) is 6.09. The molecule has 1 fully saturated rings. The van der Waals surface area contributed by atoms with Crippen LogP contribution in [0.3, 0.4) is 0 Å². The van der Waals surface area contributed by atoms with E-state index >= 15 is 0 Å². The van der Waals surface area contributed by atoms with E-state index in [-0.39, 0.29) is 140 Å². The zero-order chi connectivity index (χ0) is 70.9. The number of aryl methyl sites for hydroxylation is 2. The molecule has 6 N–H and O–H groups in total. The Hall–Kier alpha value is -11.1. The van der Waals surface area contributed by atoms with Crippen LogP contribution in [0, 0.1) is 11.8 Å². The quantitative estimate of drug-likeness (QED) is 0.0126. The molecule has 0 spiro atoms. The van der Waals surface area contributed by atoms with Crippen molar-refractivity contribution in [1.82, 2.24) is 33.8 Å². The number of carbonyl (C=O) groups is 11. The minimum atomic E-state index is -1.60. The number of ketones is 3. The molecule has 4 aromatic carbocycles. The predicted octanol–water partition coefficient (Wildman–Crippen LogP) is 7.52. The molecule has 26 nitrogen and oxygen atoms in total. The fraction of sp³-hybridized carbons (Fsp3) is 0.342. The molecule has 6 heterocycles. The first-order valence-electron chi connectivity index (χ1n) is 32.5. The van der Waals surface area contributed by atoms with Crippen molar-refractivity contribution in [3.8, 4) is 22.6 Å². The highest BCUT2D eigenvalue weighted by Crippen LogP contribution is 2.42. The van der Waals surface area contributed by atoms with Gasteiger partial charge < -0.3 is 54.8 Å². The van der Waals surface area contributed by atoms with Crippen molar-refractivity contribution < 1.29 is 77.2 Å². The summed E-state index contributed by atoms with van der Waals surface area (Å²) in [5, 5.41) is 27.6. The summed E-state index contributed by atoms with van der Waals surface area (Å²) in [5.74, 6) is -5.21. The summed E-state index contributed by atoms with van der Waals surface area (Å²) in [5.41, 5.74) is 10.9. The summed E-state index contributed by atoms with van der Waals surface area (Å²) in [7, 11) is 4.78. The monoisotopic (exact) mass is 1350 g/mol. The maximum Gasteiger partial charge on any atom is 0.416 e. The molecule has 0 bridgehead atoms. The van der Waals surface area contributed by atoms with Gasteiger partial charge in [0.2, 0.25) is 17.6 Å². The minimum absolute atomic E-state index is 0.00407. The first-order chi connectivity index (χ1) is 47.4. The number of Topliss-reactive ketones (excluding diaryl/α,β-unsaturated/α-hetero) is 3. The van der Waals surface area contributed by atoms with Gasteiger partial charge in [0.05, 0.1) is 48.1 Å². The summed E-state index contributed by atoms with van der Waals surface area (Å²) >= 11 is 0. The molecule has 0 radical (unpaired) electrons. The number of nitrogens with two attached hydrogens (primary N) is 1. The number of imide groups is 1. The number of hydrogen-bond acceptors (Lipinski definition) is 17. The molecule has 516 valence electrons. The molecule has 0 aliphatic carbocycles. The molecule has 26 heteroatoms. The van der Waals surface area contributed by atoms with Crippen LogP contribution in [0.1, 0.15) is 124 Å². The van der Waals surface area contributed by atoms with Crippen LogP contribution in [0.15, 0.2) is 134 Å². The van der Waals surface area contributed by atoms with Crippen molar-refractivity contribution >= 4 is 87.3 Å². The van der Waals surface area contributed by atoms with E-state index in [4.69, 9.17) is 19.9 Å². The second-order valence-electron chi connectivity index (χ2n) is 25.3. The van der Waals surface area contributed by atoms with Gasteiger partial charge >= 0.3 is 12.1 Å². The number of aliphatic hydroxyl groups is 1. The van der Waals surface area contributed by atoms with Crippen molar-refractivity contribution in [3.05, 3.63) is 173 Å². The Balaban J connectivity index is 0.728. The Kier molecular flexibility index (Phi) is 22.1. The van der Waals surface area contributed by atoms with Crippen LogP contribution in [0.2, 0.25) is 0 Å². The van der Waals surface area contributed by atoms with E-state index in [0.717, 1.165) is 33.1 Å². The largest absolute Gasteiger partial charge is 0.493 e. The number of rotatable bonds is 30. The molecule has 10 rings (SSSR count). The third-order valence-corrected chi connectivity index (χ3v) is 17.9. The number of amides is 6. The molecular formula is C73H78N10O16. The number of aromatic carboxylic acids is 1. The van der Waals surface area contributed by atoms with Crippen molar-refractivity contribution in [1.29, 1.82) is 0 Å². The smallest absolute Gasteiger partial charge is 0.416 e. The molecule has 99 heavy (non-hydrogen) atoms. The first-order valence-corrected chi connectivity index (χ1v) is 32.5. The number of methoxy groups -OCH3 is 1. The number of anilines is 2. The summed E-state index contributed by atoms with van der Waals surface area (Å²) < 4.78 is 22.4. The van der Waals surface area contributed by atoms with Gasteiger partial charge in [-0.15, -0.1) is 0 Å². The number of unbranched alkanes of at least 4 members (excludes halogenated alkanes) is 1. The number of aromatic nitrogens is 4. The highest BCUT2D eigenvalue weighted by atomic mass is 16.6. The van der Waals surface area contributed by atoms with Gasteiger partial charge in [0.1, 0.15) is 18.1 Å². The topological polar surface area (TPSA) is 343 Å². The number of ether oxygens (including phenoxy) is 3. The van der Waals surface area contributed by atoms with Gasteiger partial charge in [-0.1, -0.05) is 74.5 Å². The van der Waals surface area contributed by atoms with E-state index < -0.39 is 65.8 Å². The first kappa shape index (κ1) is 70.7. The Morgan fingerprint density at radius 2 is 1.51 bits per heavy atom. The van der Waals surface area contributed by atoms with Crippen molar-refractivity contribution in [2.24, 2.45) is 31.7 Å². The molecule has 6 amide bonds. The van der Waals surface area contributed by atoms with E-state index in [1.165, 1.54) is 51.6 Å². The van der Waals surface area contributed by atoms with E-state index in [2.05, 4.69) is 22.2 Å². The summed E-state index contributed by atoms with van der Waals surface area (Å²) in [4.78, 5) is 153. The number of carbonyl (C=O) groups excluding carboxylic acids is 10. The third kappa shape index (κ3) is 16.3. The minimum Gasteiger partial charge on any atom is -0.493 e. The van der Waals surface area contributed by atoms with Gasteiger partial charge in [0.25, 0.3) is 23.6 Å². The number of aliphatic hydroxyl groups excluding tert-OH is 1. The zero-order valence-corrected chi connectivity index (χ0v) is 55.6. The molecule has 3 aliphatic rings. The number of nitrogens with zero attached hydrogens (tertiary/aromatic N) is 7. The number of imidazole rings is 1. The average Bonchev–Trinajstić information content (AvgIpc) is 1.62. The molecule has 3 aromatic heterocycles. The van der Waals surface area contributed by atoms with Gasteiger partial charge in [-0.2, -0.15) is 0 Å². The fourth-order valence-electron chi connectivity index (χ4n) is 12.4. The van der Waals surface area contributed by atoms with E-state index in [0.29, 0.717) is 64.7 Å². The predicted molar refractivity (Wildman–Crippen MR) is 363 cm³/mol. The zero-order valence-electron chi connectivity index (χ0n) is 55.6. The van der Waals surface area contributed by atoms with Crippen LogP contribution in [0.25, 0.3) is 22.0 Å². The van der Waals surface area contributed by atoms with Crippen LogP contribution < -0.4 is 30.7 Å². The number of fused-ring (bicyclic) bond motifs is 3. The highest BCUT2D eigenvalue weighted by molar-refractivity contribution is 6.13. The maximum atomic E-state index is 14.4. The Morgan fingerprint density at radius 1 is 0.798 bits per heavy atom. The van der Waals surface area contributed by atoms with E-state index in [1.807, 2.05) is 30.5 Å². The Morgan fingerprint density at radius 3 is 2.20 bits per heavy atom. The fourth-order valence-corrected chi connectivity index (χ4v) is 12.4. The van der Waals surface area contributed by atoms with Gasteiger partial charge in [-0.05, 0) is 103 Å². The van der Waals surface area contributed by atoms with Gasteiger partial charge in [0, 0.05) is 113 Å². The maximum absolute atomic E-state index is 14.4. The lowest BCUT2D eigenvalue weighted by atomic mass is 9.88. The molecule has 7 aromatic rings. The third-order valence-electron chi connectivity index (χ3n) is 17.9. The van der Waals surface area contributed by atoms with E-state index in [9.17, 15) is 63.0 Å². The number of carboxylic acids is 1.